The van der Waals surface area contributed by atoms with Crippen LogP contribution >= 0.6 is 0 Å². The number of nitriles is 1. The van der Waals surface area contributed by atoms with Crippen LogP contribution in [0.2, 0.25) is 0 Å². The van der Waals surface area contributed by atoms with Crippen LogP contribution in [-0.4, -0.2) is 42.0 Å². The summed E-state index contributed by atoms with van der Waals surface area (Å²) in [7, 11) is 0. The average molecular weight is 252 g/mol. The molecule has 1 aliphatic carbocycles. The normalized spacial score (nSPS) is 15.9. The molecule has 0 aromatic rings. The van der Waals surface area contributed by atoms with Gasteiger partial charge in [-0.15, -0.1) is 0 Å². The van der Waals surface area contributed by atoms with Crippen LogP contribution in [0.4, 0.5) is 4.79 Å². The van der Waals surface area contributed by atoms with E-state index in [4.69, 9.17) is 5.26 Å². The van der Waals surface area contributed by atoms with E-state index in [1.165, 1.54) is 0 Å². The Balaban J connectivity index is 2.48. The molecule has 0 bridgehead atoms. The Kier molecular flexibility index (Phi) is 5.59. The highest BCUT2D eigenvalue weighted by Gasteiger charge is 2.34. The molecule has 1 aliphatic rings. The maximum Gasteiger partial charge on any atom is 0.321 e. The van der Waals surface area contributed by atoms with Gasteiger partial charge >= 0.3 is 6.03 Å². The van der Waals surface area contributed by atoms with Crippen LogP contribution in [0.5, 0.6) is 0 Å². The van der Waals surface area contributed by atoms with Crippen LogP contribution in [0.3, 0.4) is 0 Å². The molecule has 0 aliphatic heterocycles. The van der Waals surface area contributed by atoms with E-state index in [9.17, 15) is 9.59 Å². The van der Waals surface area contributed by atoms with Gasteiger partial charge in [0.15, 0.2) is 0 Å². The summed E-state index contributed by atoms with van der Waals surface area (Å²) in [5, 5.41) is 13.4. The summed E-state index contributed by atoms with van der Waals surface area (Å²) in [6, 6.07) is 1.62. The van der Waals surface area contributed by atoms with Gasteiger partial charge in [-0.1, -0.05) is 0 Å². The van der Waals surface area contributed by atoms with Gasteiger partial charge in [-0.3, -0.25) is 15.0 Å². The van der Waals surface area contributed by atoms with Crippen LogP contribution in [0.15, 0.2) is 0 Å². The highest BCUT2D eigenvalue weighted by atomic mass is 16.2. The number of nitrogens with zero attached hydrogens (tertiary/aromatic N) is 2. The predicted octanol–water partition coefficient (Wildman–Crippen LogP) is 0.599. The Morgan fingerprint density at radius 1 is 1.50 bits per heavy atom. The fourth-order valence-electron chi connectivity index (χ4n) is 1.85. The van der Waals surface area contributed by atoms with Crippen molar-refractivity contribution in [3.63, 3.8) is 0 Å². The van der Waals surface area contributed by atoms with E-state index in [0.717, 1.165) is 12.8 Å². The molecule has 1 atom stereocenters. The standard InChI is InChI=1S/C12H20N4O2/c1-3-14-12(18)15-11(17)9(2)16(8-4-7-13)10-5-6-10/h9-10H,3-6,8H2,1-2H3,(H2,14,15,17,18). The lowest BCUT2D eigenvalue weighted by Crippen LogP contribution is -2.50. The largest absolute Gasteiger partial charge is 0.338 e. The maximum atomic E-state index is 11.9. The molecule has 2 N–H and O–H groups in total. The molecule has 0 saturated heterocycles. The molecular formula is C12H20N4O2. The van der Waals surface area contributed by atoms with Crippen molar-refractivity contribution in [2.24, 2.45) is 0 Å². The van der Waals surface area contributed by atoms with E-state index in [1.54, 1.807) is 13.8 Å². The molecule has 6 heteroatoms. The van der Waals surface area contributed by atoms with Gasteiger partial charge in [0.2, 0.25) is 5.91 Å². The SMILES string of the molecule is CCNC(=O)NC(=O)C(C)N(CCC#N)C1CC1. The van der Waals surface area contributed by atoms with E-state index in [1.807, 2.05) is 4.90 Å². The van der Waals surface area contributed by atoms with E-state index < -0.39 is 6.03 Å². The molecule has 1 fully saturated rings. The highest BCUT2D eigenvalue weighted by molar-refractivity contribution is 5.96. The van der Waals surface area contributed by atoms with Crippen LogP contribution in [0.1, 0.15) is 33.1 Å². The van der Waals surface area contributed by atoms with Crippen molar-refractivity contribution in [3.8, 4) is 6.07 Å². The Labute approximate surface area is 107 Å². The van der Waals surface area contributed by atoms with Crippen LogP contribution in [0.25, 0.3) is 0 Å². The van der Waals surface area contributed by atoms with Crippen molar-refractivity contribution in [2.45, 2.75) is 45.2 Å². The first-order valence-corrected chi connectivity index (χ1v) is 6.31. The fourth-order valence-corrected chi connectivity index (χ4v) is 1.85. The van der Waals surface area contributed by atoms with Gasteiger partial charge in [-0.2, -0.15) is 5.26 Å². The first-order chi connectivity index (χ1) is 8.60. The zero-order valence-corrected chi connectivity index (χ0v) is 10.9. The number of amides is 3. The smallest absolute Gasteiger partial charge is 0.321 e. The lowest BCUT2D eigenvalue weighted by Gasteiger charge is -2.26. The Bertz CT molecular complexity index is 346. The molecule has 6 nitrogen and oxygen atoms in total. The number of rotatable bonds is 6. The van der Waals surface area contributed by atoms with Crippen LogP contribution in [-0.2, 0) is 4.79 Å². The third-order valence-corrected chi connectivity index (χ3v) is 2.95. The van der Waals surface area contributed by atoms with E-state index in [0.29, 0.717) is 25.6 Å². The summed E-state index contributed by atoms with van der Waals surface area (Å²) in [6.45, 7) is 4.61. The minimum absolute atomic E-state index is 0.314. The number of nitrogens with one attached hydrogen (secondary N) is 2. The average Bonchev–Trinajstić information content (AvgIpc) is 3.13. The predicted molar refractivity (Wildman–Crippen MR) is 66.6 cm³/mol. The number of carbonyl (C=O) groups is 2. The summed E-state index contributed by atoms with van der Waals surface area (Å²) < 4.78 is 0. The lowest BCUT2D eigenvalue weighted by molar-refractivity contribution is -0.125. The van der Waals surface area contributed by atoms with Gasteiger partial charge < -0.3 is 5.32 Å². The van der Waals surface area contributed by atoms with Gasteiger partial charge in [0.25, 0.3) is 0 Å². The molecule has 3 amide bonds. The van der Waals surface area contributed by atoms with Crippen molar-refractivity contribution < 1.29 is 9.59 Å². The molecule has 0 heterocycles. The molecule has 0 aromatic heterocycles. The zero-order chi connectivity index (χ0) is 13.5. The van der Waals surface area contributed by atoms with Gasteiger partial charge in [-0.25, -0.2) is 4.79 Å². The summed E-state index contributed by atoms with van der Waals surface area (Å²) >= 11 is 0. The topological polar surface area (TPSA) is 85.2 Å². The second-order valence-electron chi connectivity index (χ2n) is 4.40. The molecule has 1 rings (SSSR count). The summed E-state index contributed by atoms with van der Waals surface area (Å²) in [4.78, 5) is 25.1. The summed E-state index contributed by atoms with van der Waals surface area (Å²) in [5.74, 6) is -0.314. The summed E-state index contributed by atoms with van der Waals surface area (Å²) in [5.41, 5.74) is 0. The number of urea groups is 1. The number of hydrogen-bond donors (Lipinski definition) is 2. The Hall–Kier alpha value is -1.61. The fraction of sp³-hybridized carbons (Fsp3) is 0.750. The zero-order valence-electron chi connectivity index (χ0n) is 10.9. The maximum absolute atomic E-state index is 11.9. The number of hydrogen-bond acceptors (Lipinski definition) is 4. The molecule has 100 valence electrons. The minimum atomic E-state index is -0.467. The molecule has 1 saturated carbocycles. The van der Waals surface area contributed by atoms with Gasteiger partial charge in [0.05, 0.1) is 12.1 Å². The molecule has 1 unspecified atom stereocenters. The van der Waals surface area contributed by atoms with Gasteiger partial charge in [0.1, 0.15) is 0 Å². The molecule has 0 aromatic carbocycles. The molecule has 0 spiro atoms. The van der Waals surface area contributed by atoms with Crippen molar-refractivity contribution in [1.82, 2.24) is 15.5 Å². The molecule has 18 heavy (non-hydrogen) atoms. The lowest BCUT2D eigenvalue weighted by atomic mass is 10.2. The third kappa shape index (κ3) is 4.34. The van der Waals surface area contributed by atoms with Crippen molar-refractivity contribution >= 4 is 11.9 Å². The van der Waals surface area contributed by atoms with Gasteiger partial charge in [0, 0.05) is 25.6 Å². The van der Waals surface area contributed by atoms with Crippen molar-refractivity contribution in [3.05, 3.63) is 0 Å². The van der Waals surface area contributed by atoms with E-state index in [-0.39, 0.29) is 11.9 Å². The first-order valence-electron chi connectivity index (χ1n) is 6.31. The Morgan fingerprint density at radius 3 is 2.67 bits per heavy atom. The third-order valence-electron chi connectivity index (χ3n) is 2.95. The summed E-state index contributed by atoms with van der Waals surface area (Å²) in [6.07, 6.45) is 2.52. The van der Waals surface area contributed by atoms with Crippen molar-refractivity contribution in [2.75, 3.05) is 13.1 Å². The minimum Gasteiger partial charge on any atom is -0.338 e. The van der Waals surface area contributed by atoms with Crippen LogP contribution in [0, 0.1) is 11.3 Å². The number of carbonyl (C=O) groups excluding carboxylic acids is 2. The van der Waals surface area contributed by atoms with Crippen LogP contribution < -0.4 is 10.6 Å². The van der Waals surface area contributed by atoms with Gasteiger partial charge in [-0.05, 0) is 26.7 Å². The van der Waals surface area contributed by atoms with E-state index >= 15 is 0 Å². The monoisotopic (exact) mass is 252 g/mol. The number of imide groups is 1. The molecule has 0 radical (unpaired) electrons. The van der Waals surface area contributed by atoms with E-state index in [2.05, 4.69) is 16.7 Å². The molecular weight excluding hydrogens is 232 g/mol. The second kappa shape index (κ2) is 6.97. The van der Waals surface area contributed by atoms with Crippen molar-refractivity contribution in [1.29, 1.82) is 5.26 Å². The highest BCUT2D eigenvalue weighted by Crippen LogP contribution is 2.28. The second-order valence-corrected chi connectivity index (χ2v) is 4.40. The Morgan fingerprint density at radius 2 is 2.17 bits per heavy atom. The quantitative estimate of drug-likeness (QED) is 0.725. The first kappa shape index (κ1) is 14.5.